The van der Waals surface area contributed by atoms with Gasteiger partial charge in [-0.25, -0.2) is 12.8 Å². The maximum absolute atomic E-state index is 13.0. The monoisotopic (exact) mass is 415 g/mol. The Morgan fingerprint density at radius 1 is 1.22 bits per heavy atom. The fourth-order valence-corrected chi connectivity index (χ4v) is 3.08. The minimum Gasteiger partial charge on any atom is -0.378 e. The first kappa shape index (κ1) is 20.6. The lowest BCUT2D eigenvalue weighted by Gasteiger charge is -2.10. The largest absolute Gasteiger partial charge is 0.378 e. The van der Waals surface area contributed by atoms with Crippen molar-refractivity contribution in [1.29, 1.82) is 0 Å². The van der Waals surface area contributed by atoms with Crippen molar-refractivity contribution in [2.45, 2.75) is 4.90 Å². The molecule has 0 heterocycles. The SMILES string of the molecule is CS(=O)(=O)c1ccc(NCCNC(=O)c2ccc(F)cc2Cl)c([N+](=O)[O-])c1. The van der Waals surface area contributed by atoms with Gasteiger partial charge in [0, 0.05) is 25.4 Å². The summed E-state index contributed by atoms with van der Waals surface area (Å²) in [4.78, 5) is 22.3. The molecule has 0 unspecified atom stereocenters. The highest BCUT2D eigenvalue weighted by atomic mass is 35.5. The molecule has 0 radical (unpaired) electrons. The number of benzene rings is 2. The van der Waals surface area contributed by atoms with Crippen LogP contribution in [0.4, 0.5) is 15.8 Å². The van der Waals surface area contributed by atoms with E-state index in [1.807, 2.05) is 0 Å². The van der Waals surface area contributed by atoms with Crippen LogP contribution in [0.2, 0.25) is 5.02 Å². The summed E-state index contributed by atoms with van der Waals surface area (Å²) in [5, 5.41) is 16.4. The summed E-state index contributed by atoms with van der Waals surface area (Å²) in [5.74, 6) is -1.09. The van der Waals surface area contributed by atoms with Crippen LogP contribution in [0.3, 0.4) is 0 Å². The van der Waals surface area contributed by atoms with Gasteiger partial charge in [0.25, 0.3) is 11.6 Å². The normalized spacial score (nSPS) is 11.1. The fourth-order valence-electron chi connectivity index (χ4n) is 2.18. The average Bonchev–Trinajstić information content (AvgIpc) is 2.57. The first-order valence-corrected chi connectivity index (χ1v) is 9.82. The van der Waals surface area contributed by atoms with Crippen molar-refractivity contribution in [3.8, 4) is 0 Å². The summed E-state index contributed by atoms with van der Waals surface area (Å²) < 4.78 is 36.0. The van der Waals surface area contributed by atoms with Crippen molar-refractivity contribution in [3.05, 3.63) is 62.9 Å². The molecule has 144 valence electrons. The van der Waals surface area contributed by atoms with E-state index in [9.17, 15) is 27.7 Å². The smallest absolute Gasteiger partial charge is 0.293 e. The predicted molar refractivity (Wildman–Crippen MR) is 98.4 cm³/mol. The number of carbonyl (C=O) groups is 1. The Morgan fingerprint density at radius 3 is 2.52 bits per heavy atom. The second-order valence-electron chi connectivity index (χ2n) is 5.52. The highest BCUT2D eigenvalue weighted by Crippen LogP contribution is 2.27. The lowest BCUT2D eigenvalue weighted by atomic mass is 10.2. The Bertz CT molecular complexity index is 998. The fraction of sp³-hybridized carbons (Fsp3) is 0.188. The van der Waals surface area contributed by atoms with E-state index >= 15 is 0 Å². The van der Waals surface area contributed by atoms with Crippen molar-refractivity contribution in [2.75, 3.05) is 24.7 Å². The van der Waals surface area contributed by atoms with Crippen molar-refractivity contribution in [1.82, 2.24) is 5.32 Å². The Balaban J connectivity index is 2.00. The van der Waals surface area contributed by atoms with Crippen molar-refractivity contribution >= 4 is 38.7 Å². The van der Waals surface area contributed by atoms with Gasteiger partial charge in [-0.3, -0.25) is 14.9 Å². The van der Waals surface area contributed by atoms with Crippen LogP contribution < -0.4 is 10.6 Å². The first-order valence-electron chi connectivity index (χ1n) is 7.55. The number of hydrogen-bond acceptors (Lipinski definition) is 6. The molecule has 0 bridgehead atoms. The number of nitro groups is 1. The Kier molecular flexibility index (Phi) is 6.34. The number of hydrogen-bond donors (Lipinski definition) is 2. The van der Waals surface area contributed by atoms with Crippen LogP contribution in [0.1, 0.15) is 10.4 Å². The minimum absolute atomic E-state index is 0.0348. The van der Waals surface area contributed by atoms with Gasteiger partial charge in [0.1, 0.15) is 11.5 Å². The molecule has 2 N–H and O–H groups in total. The van der Waals surface area contributed by atoms with E-state index in [0.29, 0.717) is 0 Å². The summed E-state index contributed by atoms with van der Waals surface area (Å²) >= 11 is 5.80. The number of nitrogens with one attached hydrogen (secondary N) is 2. The predicted octanol–water partition coefficient (Wildman–Crippen LogP) is 2.63. The number of halogens is 2. The topological polar surface area (TPSA) is 118 Å². The highest BCUT2D eigenvalue weighted by Gasteiger charge is 2.18. The first-order chi connectivity index (χ1) is 12.6. The Hall–Kier alpha value is -2.72. The number of nitrogens with zero attached hydrogens (tertiary/aromatic N) is 1. The summed E-state index contributed by atoms with van der Waals surface area (Å²) in [6, 6.07) is 6.87. The average molecular weight is 416 g/mol. The van der Waals surface area contributed by atoms with Crippen LogP contribution in [0.15, 0.2) is 41.3 Å². The molecule has 11 heteroatoms. The summed E-state index contributed by atoms with van der Waals surface area (Å²) in [5.41, 5.74) is -0.186. The third-order valence-electron chi connectivity index (χ3n) is 3.50. The molecule has 2 aromatic carbocycles. The second kappa shape index (κ2) is 8.31. The molecule has 0 fully saturated rings. The van der Waals surface area contributed by atoms with Gasteiger partial charge in [0.15, 0.2) is 9.84 Å². The standard InChI is InChI=1S/C16H15ClFN3O5S/c1-27(25,26)11-3-5-14(15(9-11)21(23)24)19-6-7-20-16(22)12-4-2-10(18)8-13(12)17/h2-5,8-9,19H,6-7H2,1H3,(H,20,22). The van der Waals surface area contributed by atoms with Gasteiger partial charge in [-0.05, 0) is 30.3 Å². The van der Waals surface area contributed by atoms with Gasteiger partial charge >= 0.3 is 0 Å². The van der Waals surface area contributed by atoms with E-state index < -0.39 is 32.2 Å². The molecule has 0 saturated carbocycles. The van der Waals surface area contributed by atoms with Crippen molar-refractivity contribution in [3.63, 3.8) is 0 Å². The van der Waals surface area contributed by atoms with Gasteiger partial charge in [-0.1, -0.05) is 11.6 Å². The molecule has 27 heavy (non-hydrogen) atoms. The minimum atomic E-state index is -3.58. The summed E-state index contributed by atoms with van der Waals surface area (Å²) in [6.07, 6.45) is 0.954. The van der Waals surface area contributed by atoms with Crippen molar-refractivity contribution < 1.29 is 22.5 Å². The van der Waals surface area contributed by atoms with Crippen molar-refractivity contribution in [2.24, 2.45) is 0 Å². The molecule has 2 rings (SSSR count). The van der Waals surface area contributed by atoms with Crippen LogP contribution in [-0.2, 0) is 9.84 Å². The van der Waals surface area contributed by atoms with Gasteiger partial charge in [0.2, 0.25) is 0 Å². The lowest BCUT2D eigenvalue weighted by Crippen LogP contribution is -2.29. The van der Waals surface area contributed by atoms with E-state index in [2.05, 4.69) is 10.6 Å². The summed E-state index contributed by atoms with van der Waals surface area (Å²) in [7, 11) is -3.58. The molecule has 0 aliphatic heterocycles. The van der Waals surface area contributed by atoms with Gasteiger partial charge in [-0.15, -0.1) is 0 Å². The number of anilines is 1. The number of sulfone groups is 1. The Morgan fingerprint density at radius 2 is 1.93 bits per heavy atom. The third-order valence-corrected chi connectivity index (χ3v) is 4.92. The molecule has 0 aromatic heterocycles. The number of rotatable bonds is 7. The molecular formula is C16H15ClFN3O5S. The van der Waals surface area contributed by atoms with Gasteiger partial charge in [-0.2, -0.15) is 0 Å². The molecule has 0 atom stereocenters. The van der Waals surface area contributed by atoms with Gasteiger partial charge < -0.3 is 10.6 Å². The number of amides is 1. The zero-order valence-corrected chi connectivity index (χ0v) is 15.6. The molecule has 0 aliphatic carbocycles. The van der Waals surface area contributed by atoms with E-state index in [1.54, 1.807) is 0 Å². The van der Waals surface area contributed by atoms with Crippen LogP contribution in [0.25, 0.3) is 0 Å². The summed E-state index contributed by atoms with van der Waals surface area (Å²) in [6.45, 7) is 0.223. The van der Waals surface area contributed by atoms with Crippen LogP contribution in [0, 0.1) is 15.9 Å². The van der Waals surface area contributed by atoms with Crippen LogP contribution >= 0.6 is 11.6 Å². The van der Waals surface area contributed by atoms with E-state index in [4.69, 9.17) is 11.6 Å². The Labute approximate surface area is 159 Å². The zero-order valence-electron chi connectivity index (χ0n) is 14.0. The molecule has 0 aliphatic rings. The van der Waals surface area contributed by atoms with Gasteiger partial charge in [0.05, 0.1) is 20.4 Å². The quantitative estimate of drug-likeness (QED) is 0.407. The molecule has 2 aromatic rings. The number of carbonyl (C=O) groups excluding carboxylic acids is 1. The third kappa shape index (κ3) is 5.38. The van der Waals surface area contributed by atoms with Crippen LogP contribution in [0.5, 0.6) is 0 Å². The molecule has 0 spiro atoms. The van der Waals surface area contributed by atoms with Crippen LogP contribution in [-0.4, -0.2) is 38.6 Å². The molecule has 8 nitrogen and oxygen atoms in total. The van der Waals surface area contributed by atoms with E-state index in [1.165, 1.54) is 18.2 Å². The molecule has 0 saturated heterocycles. The highest BCUT2D eigenvalue weighted by molar-refractivity contribution is 7.90. The maximum atomic E-state index is 13.0. The molecule has 1 amide bonds. The number of nitro benzene ring substituents is 1. The van der Waals surface area contributed by atoms with E-state index in [-0.39, 0.29) is 34.3 Å². The maximum Gasteiger partial charge on any atom is 0.293 e. The van der Waals surface area contributed by atoms with E-state index in [0.717, 1.165) is 24.5 Å². The zero-order chi connectivity index (χ0) is 20.2. The second-order valence-corrected chi connectivity index (χ2v) is 7.94. The molecular weight excluding hydrogens is 401 g/mol. The lowest BCUT2D eigenvalue weighted by molar-refractivity contribution is -0.384.